The highest BCUT2D eigenvalue weighted by Gasteiger charge is 2.15. The van der Waals surface area contributed by atoms with Crippen molar-refractivity contribution in [2.75, 3.05) is 29.6 Å². The Morgan fingerprint density at radius 1 is 1.57 bits per heavy atom. The number of thioether (sulfide) groups is 2. The normalized spacial score (nSPS) is 24.0. The molecule has 1 aliphatic heterocycles. The van der Waals surface area contributed by atoms with Crippen LogP contribution >= 0.6 is 23.5 Å². The van der Waals surface area contributed by atoms with Crippen LogP contribution in [0.25, 0.3) is 0 Å². The first-order valence-electron chi connectivity index (χ1n) is 5.71. The van der Waals surface area contributed by atoms with Gasteiger partial charge in [-0.2, -0.15) is 23.5 Å². The van der Waals surface area contributed by atoms with Crippen molar-refractivity contribution in [2.24, 2.45) is 5.92 Å². The minimum atomic E-state index is 0.708. The van der Waals surface area contributed by atoms with Crippen molar-refractivity contribution in [1.29, 1.82) is 0 Å². The molecular formula is C11H23NS2. The quantitative estimate of drug-likeness (QED) is 0.679. The van der Waals surface area contributed by atoms with Gasteiger partial charge in [0, 0.05) is 6.04 Å². The monoisotopic (exact) mass is 233 g/mol. The van der Waals surface area contributed by atoms with Gasteiger partial charge in [-0.15, -0.1) is 0 Å². The van der Waals surface area contributed by atoms with Crippen molar-refractivity contribution < 1.29 is 0 Å². The van der Waals surface area contributed by atoms with E-state index in [9.17, 15) is 0 Å². The minimum absolute atomic E-state index is 0.708. The predicted octanol–water partition coefficient (Wildman–Crippen LogP) is 2.86. The summed E-state index contributed by atoms with van der Waals surface area (Å²) in [7, 11) is 0. The summed E-state index contributed by atoms with van der Waals surface area (Å²) in [6.07, 6.45) is 2.74. The molecule has 1 nitrogen and oxygen atoms in total. The van der Waals surface area contributed by atoms with Gasteiger partial charge in [0.2, 0.25) is 0 Å². The highest BCUT2D eigenvalue weighted by atomic mass is 32.2. The molecule has 1 N–H and O–H groups in total. The number of nitrogens with one attached hydrogen (secondary N) is 1. The molecule has 3 heteroatoms. The fourth-order valence-electron chi connectivity index (χ4n) is 1.62. The second kappa shape index (κ2) is 7.89. The van der Waals surface area contributed by atoms with Crippen LogP contribution in [-0.4, -0.2) is 35.6 Å². The molecule has 0 aromatic heterocycles. The fraction of sp³-hybridized carbons (Fsp3) is 1.00. The minimum Gasteiger partial charge on any atom is -0.314 e. The first-order valence-corrected chi connectivity index (χ1v) is 8.02. The Balaban J connectivity index is 1.93. The van der Waals surface area contributed by atoms with Crippen molar-refractivity contribution in [3.05, 3.63) is 0 Å². The number of hydrogen-bond donors (Lipinski definition) is 1. The third-order valence-electron chi connectivity index (χ3n) is 2.68. The smallest absolute Gasteiger partial charge is 0.00467 e. The molecule has 0 aromatic carbocycles. The van der Waals surface area contributed by atoms with E-state index < -0.39 is 0 Å². The first kappa shape index (κ1) is 12.7. The average molecular weight is 233 g/mol. The molecule has 14 heavy (non-hydrogen) atoms. The first-order chi connectivity index (χ1) is 6.83. The van der Waals surface area contributed by atoms with E-state index in [4.69, 9.17) is 0 Å². The zero-order valence-corrected chi connectivity index (χ0v) is 11.1. The lowest BCUT2D eigenvalue weighted by atomic mass is 10.1. The van der Waals surface area contributed by atoms with Gasteiger partial charge < -0.3 is 5.32 Å². The maximum Gasteiger partial charge on any atom is 0.00467 e. The van der Waals surface area contributed by atoms with Crippen molar-refractivity contribution >= 4 is 23.5 Å². The van der Waals surface area contributed by atoms with E-state index in [1.54, 1.807) is 0 Å². The van der Waals surface area contributed by atoms with Crippen LogP contribution in [0.2, 0.25) is 0 Å². The van der Waals surface area contributed by atoms with E-state index >= 15 is 0 Å². The Bertz CT molecular complexity index is 135. The van der Waals surface area contributed by atoms with Gasteiger partial charge in [0.05, 0.1) is 0 Å². The highest BCUT2D eigenvalue weighted by molar-refractivity contribution is 7.99. The molecule has 0 aromatic rings. The summed E-state index contributed by atoms with van der Waals surface area (Å²) >= 11 is 4.16. The molecule has 0 spiro atoms. The van der Waals surface area contributed by atoms with Gasteiger partial charge in [0.25, 0.3) is 0 Å². The van der Waals surface area contributed by atoms with Crippen molar-refractivity contribution in [3.63, 3.8) is 0 Å². The predicted molar refractivity (Wildman–Crippen MR) is 70.5 cm³/mol. The van der Waals surface area contributed by atoms with Crippen LogP contribution in [0.1, 0.15) is 26.7 Å². The van der Waals surface area contributed by atoms with Crippen LogP contribution in [0.3, 0.4) is 0 Å². The Hall–Kier alpha value is 0.660. The van der Waals surface area contributed by atoms with Gasteiger partial charge in [-0.05, 0) is 55.2 Å². The lowest BCUT2D eigenvalue weighted by Gasteiger charge is -2.16. The molecule has 2 atom stereocenters. The van der Waals surface area contributed by atoms with E-state index in [2.05, 4.69) is 42.7 Å². The van der Waals surface area contributed by atoms with E-state index in [0.717, 1.165) is 5.92 Å². The molecule has 0 saturated carbocycles. The van der Waals surface area contributed by atoms with E-state index in [1.807, 2.05) is 0 Å². The van der Waals surface area contributed by atoms with E-state index in [1.165, 1.54) is 42.4 Å². The zero-order valence-electron chi connectivity index (χ0n) is 9.42. The Morgan fingerprint density at radius 3 is 3.07 bits per heavy atom. The third-order valence-corrected chi connectivity index (χ3v) is 4.84. The van der Waals surface area contributed by atoms with Gasteiger partial charge in [-0.3, -0.25) is 0 Å². The van der Waals surface area contributed by atoms with Gasteiger partial charge in [-0.25, -0.2) is 0 Å². The Kier molecular flexibility index (Phi) is 7.17. The summed E-state index contributed by atoms with van der Waals surface area (Å²) in [6, 6.07) is 0.708. The molecule has 1 rings (SSSR count). The van der Waals surface area contributed by atoms with E-state index in [0.29, 0.717) is 6.04 Å². The zero-order chi connectivity index (χ0) is 10.2. The summed E-state index contributed by atoms with van der Waals surface area (Å²) in [4.78, 5) is 0. The average Bonchev–Trinajstić information content (AvgIpc) is 2.68. The number of hydrogen-bond acceptors (Lipinski definition) is 3. The largest absolute Gasteiger partial charge is 0.314 e. The number of rotatable bonds is 7. The Labute approximate surface area is 97.2 Å². The molecule has 2 unspecified atom stereocenters. The van der Waals surface area contributed by atoms with Crippen LogP contribution in [0.15, 0.2) is 0 Å². The van der Waals surface area contributed by atoms with Gasteiger partial charge in [0.15, 0.2) is 0 Å². The third kappa shape index (κ3) is 5.52. The van der Waals surface area contributed by atoms with Crippen LogP contribution in [0, 0.1) is 5.92 Å². The topological polar surface area (TPSA) is 12.0 Å². The molecule has 1 aliphatic rings. The van der Waals surface area contributed by atoms with Crippen LogP contribution in [-0.2, 0) is 0 Å². The maximum atomic E-state index is 3.66. The molecule has 84 valence electrons. The molecule has 0 aliphatic carbocycles. The molecule has 1 fully saturated rings. The van der Waals surface area contributed by atoms with Gasteiger partial charge in [0.1, 0.15) is 0 Å². The van der Waals surface area contributed by atoms with E-state index in [-0.39, 0.29) is 0 Å². The summed E-state index contributed by atoms with van der Waals surface area (Å²) in [5.41, 5.74) is 0. The van der Waals surface area contributed by atoms with Crippen molar-refractivity contribution in [2.45, 2.75) is 32.7 Å². The highest BCUT2D eigenvalue weighted by Crippen LogP contribution is 2.22. The lowest BCUT2D eigenvalue weighted by Crippen LogP contribution is -2.31. The molecule has 0 amide bonds. The summed E-state index contributed by atoms with van der Waals surface area (Å²) < 4.78 is 0. The van der Waals surface area contributed by atoms with Gasteiger partial charge >= 0.3 is 0 Å². The standard InChI is InChI=1S/C11H23NS2/c1-3-13-6-4-10(2)12-8-11-5-7-14-9-11/h10-12H,3-9H2,1-2H3. The molecule has 0 radical (unpaired) electrons. The van der Waals surface area contributed by atoms with Crippen molar-refractivity contribution in [3.8, 4) is 0 Å². The van der Waals surface area contributed by atoms with Crippen LogP contribution in [0.4, 0.5) is 0 Å². The second-order valence-corrected chi connectivity index (χ2v) is 6.57. The maximum absolute atomic E-state index is 3.66. The van der Waals surface area contributed by atoms with Gasteiger partial charge in [-0.1, -0.05) is 6.92 Å². The summed E-state index contributed by atoms with van der Waals surface area (Å²) in [5, 5.41) is 3.66. The van der Waals surface area contributed by atoms with Crippen molar-refractivity contribution in [1.82, 2.24) is 5.32 Å². The van der Waals surface area contributed by atoms with Crippen LogP contribution in [0.5, 0.6) is 0 Å². The fourth-order valence-corrected chi connectivity index (χ4v) is 3.71. The van der Waals surface area contributed by atoms with Crippen LogP contribution < -0.4 is 5.32 Å². The molecule has 0 bridgehead atoms. The Morgan fingerprint density at radius 2 is 2.43 bits per heavy atom. The lowest BCUT2D eigenvalue weighted by molar-refractivity contribution is 0.462. The molecule has 1 saturated heterocycles. The SMILES string of the molecule is CCSCCC(C)NCC1CCSC1. The second-order valence-electron chi connectivity index (χ2n) is 4.02. The molecule has 1 heterocycles. The molecular weight excluding hydrogens is 210 g/mol. The summed E-state index contributed by atoms with van der Waals surface area (Å²) in [6.45, 7) is 5.79. The summed E-state index contributed by atoms with van der Waals surface area (Å²) in [5.74, 6) is 6.27.